The molecule has 0 saturated heterocycles. The maximum absolute atomic E-state index is 12.0. The van der Waals surface area contributed by atoms with Gasteiger partial charge in [-0.3, -0.25) is 4.79 Å². The van der Waals surface area contributed by atoms with Crippen LogP contribution >= 0.6 is 11.3 Å². The Kier molecular flexibility index (Phi) is 4.25. The van der Waals surface area contributed by atoms with Gasteiger partial charge >= 0.3 is 5.97 Å². The standard InChI is InChI=1S/C21H19NO4S/c1-21(2,20(24)25)18-13-5-3-4-6-16(13)26-19-14(18)8-9-15(22-19)17-10-7-12(11-23)27-17/h3-10,18,23H,11H2,1-2H3,(H,24,25)/t18-/m0/s1. The number of rotatable bonds is 4. The minimum Gasteiger partial charge on any atom is -0.481 e. The van der Waals surface area contributed by atoms with E-state index >= 15 is 0 Å². The summed E-state index contributed by atoms with van der Waals surface area (Å²) in [6, 6.07) is 15.1. The number of pyridine rings is 1. The van der Waals surface area contributed by atoms with Crippen molar-refractivity contribution in [2.75, 3.05) is 0 Å². The van der Waals surface area contributed by atoms with Crippen molar-refractivity contribution in [1.82, 2.24) is 4.98 Å². The van der Waals surface area contributed by atoms with E-state index < -0.39 is 11.4 Å². The first-order valence-electron chi connectivity index (χ1n) is 8.63. The highest BCUT2D eigenvalue weighted by molar-refractivity contribution is 7.15. The number of thiophene rings is 1. The van der Waals surface area contributed by atoms with Gasteiger partial charge in [-0.25, -0.2) is 4.98 Å². The van der Waals surface area contributed by atoms with Crippen molar-refractivity contribution in [3.8, 4) is 22.2 Å². The number of carbonyl (C=O) groups is 1. The fourth-order valence-corrected chi connectivity index (χ4v) is 4.31. The predicted octanol–water partition coefficient (Wildman–Crippen LogP) is 4.65. The molecule has 2 aromatic heterocycles. The predicted molar refractivity (Wildman–Crippen MR) is 103 cm³/mol. The van der Waals surface area contributed by atoms with Gasteiger partial charge in [-0.05, 0) is 38.1 Å². The third-order valence-corrected chi connectivity index (χ3v) is 6.07. The van der Waals surface area contributed by atoms with Crippen LogP contribution in [0.4, 0.5) is 0 Å². The highest BCUT2D eigenvalue weighted by atomic mass is 32.1. The van der Waals surface area contributed by atoms with Crippen LogP contribution in [0, 0.1) is 5.41 Å². The molecule has 138 valence electrons. The number of ether oxygens (including phenoxy) is 1. The number of aliphatic hydroxyl groups is 1. The Hall–Kier alpha value is -2.70. The molecule has 0 fully saturated rings. The molecule has 27 heavy (non-hydrogen) atoms. The molecular weight excluding hydrogens is 362 g/mol. The van der Waals surface area contributed by atoms with Crippen LogP contribution < -0.4 is 4.74 Å². The van der Waals surface area contributed by atoms with E-state index in [0.717, 1.165) is 26.6 Å². The lowest BCUT2D eigenvalue weighted by Crippen LogP contribution is -2.33. The maximum Gasteiger partial charge on any atom is 0.310 e. The van der Waals surface area contributed by atoms with Crippen LogP contribution in [0.2, 0.25) is 0 Å². The first-order valence-corrected chi connectivity index (χ1v) is 9.44. The molecule has 3 aromatic rings. The second kappa shape index (κ2) is 6.48. The highest BCUT2D eigenvalue weighted by Gasteiger charge is 2.44. The largest absolute Gasteiger partial charge is 0.481 e. The smallest absolute Gasteiger partial charge is 0.310 e. The molecule has 0 saturated carbocycles. The Morgan fingerprint density at radius 2 is 1.93 bits per heavy atom. The molecule has 0 radical (unpaired) electrons. The lowest BCUT2D eigenvalue weighted by Gasteiger charge is -2.36. The average Bonchev–Trinajstić information content (AvgIpc) is 3.14. The van der Waals surface area contributed by atoms with Crippen LogP contribution in [0.1, 0.15) is 35.8 Å². The average molecular weight is 381 g/mol. The summed E-state index contributed by atoms with van der Waals surface area (Å²) in [5, 5.41) is 19.1. The number of benzene rings is 1. The first-order chi connectivity index (χ1) is 12.9. The number of hydrogen-bond donors (Lipinski definition) is 2. The fraction of sp³-hybridized carbons (Fsp3) is 0.238. The summed E-state index contributed by atoms with van der Waals surface area (Å²) in [7, 11) is 0. The Labute approximate surface area is 160 Å². The van der Waals surface area contributed by atoms with Crippen molar-refractivity contribution < 1.29 is 19.7 Å². The van der Waals surface area contributed by atoms with E-state index in [9.17, 15) is 15.0 Å². The zero-order valence-electron chi connectivity index (χ0n) is 15.0. The molecule has 0 spiro atoms. The number of para-hydroxylation sites is 1. The molecule has 4 rings (SSSR count). The van der Waals surface area contributed by atoms with Gasteiger partial charge in [0.15, 0.2) is 0 Å². The molecule has 1 aliphatic rings. The van der Waals surface area contributed by atoms with Crippen molar-refractivity contribution in [2.24, 2.45) is 5.41 Å². The number of carboxylic acid groups (broad SMARTS) is 1. The summed E-state index contributed by atoms with van der Waals surface area (Å²) in [5.41, 5.74) is 1.34. The Morgan fingerprint density at radius 1 is 1.15 bits per heavy atom. The van der Waals surface area contributed by atoms with Crippen molar-refractivity contribution in [3.05, 3.63) is 64.5 Å². The normalized spacial score (nSPS) is 15.6. The van der Waals surface area contributed by atoms with E-state index in [4.69, 9.17) is 4.74 Å². The quantitative estimate of drug-likeness (QED) is 0.688. The molecule has 0 amide bonds. The molecule has 6 heteroatoms. The van der Waals surface area contributed by atoms with Gasteiger partial charge in [-0.15, -0.1) is 11.3 Å². The van der Waals surface area contributed by atoms with E-state index in [0.29, 0.717) is 11.6 Å². The molecular formula is C21H19NO4S. The van der Waals surface area contributed by atoms with E-state index in [2.05, 4.69) is 4.98 Å². The van der Waals surface area contributed by atoms with Crippen molar-refractivity contribution in [1.29, 1.82) is 0 Å². The van der Waals surface area contributed by atoms with Crippen LogP contribution in [0.5, 0.6) is 11.6 Å². The number of aliphatic carboxylic acids is 1. The number of nitrogens with zero attached hydrogens (tertiary/aromatic N) is 1. The zero-order chi connectivity index (χ0) is 19.2. The number of fused-ring (bicyclic) bond motifs is 2. The van der Waals surface area contributed by atoms with E-state index in [1.165, 1.54) is 11.3 Å². The monoisotopic (exact) mass is 381 g/mol. The number of carboxylic acids is 1. The molecule has 1 aromatic carbocycles. The van der Waals surface area contributed by atoms with Gasteiger partial charge < -0.3 is 14.9 Å². The molecule has 1 atom stereocenters. The van der Waals surface area contributed by atoms with Crippen LogP contribution in [0.3, 0.4) is 0 Å². The highest BCUT2D eigenvalue weighted by Crippen LogP contribution is 2.51. The Bertz CT molecular complexity index is 1020. The van der Waals surface area contributed by atoms with Crippen LogP contribution in [-0.2, 0) is 11.4 Å². The molecule has 5 nitrogen and oxygen atoms in total. The zero-order valence-corrected chi connectivity index (χ0v) is 15.8. The van der Waals surface area contributed by atoms with E-state index in [1.54, 1.807) is 13.8 Å². The van der Waals surface area contributed by atoms with Gasteiger partial charge in [-0.2, -0.15) is 0 Å². The second-order valence-corrected chi connectivity index (χ2v) is 8.28. The Morgan fingerprint density at radius 3 is 2.63 bits per heavy atom. The molecule has 2 N–H and O–H groups in total. The molecule has 0 bridgehead atoms. The van der Waals surface area contributed by atoms with Crippen LogP contribution in [0.15, 0.2) is 48.5 Å². The molecule has 1 aliphatic heterocycles. The lowest BCUT2D eigenvalue weighted by molar-refractivity contribution is -0.147. The minimum absolute atomic E-state index is 0.00560. The fourth-order valence-electron chi connectivity index (χ4n) is 3.48. The third-order valence-electron chi connectivity index (χ3n) is 4.98. The topological polar surface area (TPSA) is 79.7 Å². The van der Waals surface area contributed by atoms with E-state index in [1.807, 2.05) is 48.5 Å². The minimum atomic E-state index is -1.02. The summed E-state index contributed by atoms with van der Waals surface area (Å²) in [4.78, 5) is 18.4. The SMILES string of the molecule is CC(C)(C(=O)O)[C@H]1c2ccccc2Oc2nc(-c3ccc(CO)s3)ccc21. The first kappa shape index (κ1) is 17.7. The van der Waals surface area contributed by atoms with Gasteiger partial charge in [0.25, 0.3) is 0 Å². The number of aromatic nitrogens is 1. The van der Waals surface area contributed by atoms with Gasteiger partial charge in [0.05, 0.1) is 22.6 Å². The van der Waals surface area contributed by atoms with Gasteiger partial charge in [-0.1, -0.05) is 24.3 Å². The van der Waals surface area contributed by atoms with Crippen molar-refractivity contribution in [3.63, 3.8) is 0 Å². The van der Waals surface area contributed by atoms with Crippen LogP contribution in [0.25, 0.3) is 10.6 Å². The summed E-state index contributed by atoms with van der Waals surface area (Å²) in [6.07, 6.45) is 0. The molecule has 0 unspecified atom stereocenters. The number of aliphatic hydroxyl groups excluding tert-OH is 1. The summed E-state index contributed by atoms with van der Waals surface area (Å²) >= 11 is 1.47. The number of hydrogen-bond acceptors (Lipinski definition) is 5. The van der Waals surface area contributed by atoms with Crippen molar-refractivity contribution >= 4 is 17.3 Å². The summed E-state index contributed by atoms with van der Waals surface area (Å²) in [5.74, 6) is -0.168. The van der Waals surface area contributed by atoms with Gasteiger partial charge in [0.2, 0.25) is 5.88 Å². The van der Waals surface area contributed by atoms with Crippen molar-refractivity contribution in [2.45, 2.75) is 26.4 Å². The summed E-state index contributed by atoms with van der Waals surface area (Å²) in [6.45, 7) is 3.45. The summed E-state index contributed by atoms with van der Waals surface area (Å²) < 4.78 is 6.03. The Balaban J connectivity index is 1.86. The van der Waals surface area contributed by atoms with Gasteiger partial charge in [0.1, 0.15) is 5.75 Å². The van der Waals surface area contributed by atoms with Gasteiger partial charge in [0, 0.05) is 21.9 Å². The second-order valence-electron chi connectivity index (χ2n) is 7.11. The third kappa shape index (κ3) is 2.91. The lowest BCUT2D eigenvalue weighted by atomic mass is 9.70. The maximum atomic E-state index is 12.0. The van der Waals surface area contributed by atoms with E-state index in [-0.39, 0.29) is 12.5 Å². The van der Waals surface area contributed by atoms with Crippen LogP contribution in [-0.4, -0.2) is 21.2 Å². The molecule has 3 heterocycles. The molecule has 0 aliphatic carbocycles.